The lowest BCUT2D eigenvalue weighted by atomic mass is 9.95. The van der Waals surface area contributed by atoms with Crippen LogP contribution in [0.3, 0.4) is 0 Å². The van der Waals surface area contributed by atoms with Gasteiger partial charge in [0, 0.05) is 28.9 Å². The van der Waals surface area contributed by atoms with Crippen LogP contribution in [-0.2, 0) is 27.2 Å². The van der Waals surface area contributed by atoms with E-state index in [1.165, 1.54) is 12.1 Å². The molecule has 174 valence electrons. The lowest BCUT2D eigenvalue weighted by Gasteiger charge is -2.23. The molecule has 0 bridgehead atoms. The maximum absolute atomic E-state index is 13.0. The number of hydrogen-bond acceptors (Lipinski definition) is 5. The number of aromatic hydroxyl groups is 1. The molecule has 0 unspecified atom stereocenters. The summed E-state index contributed by atoms with van der Waals surface area (Å²) in [6, 6.07) is 12.1. The average Bonchev–Trinajstić information content (AvgIpc) is 3.17. The van der Waals surface area contributed by atoms with Gasteiger partial charge in [0.1, 0.15) is 11.8 Å². The third-order valence-corrected chi connectivity index (χ3v) is 5.38. The Balaban J connectivity index is 1.78. The number of phenolic OH excluding ortho intramolecular Hbond substituents is 1. The van der Waals surface area contributed by atoms with Gasteiger partial charge in [-0.1, -0.05) is 51.1 Å². The number of carbonyl (C=O) groups is 3. The second-order valence-corrected chi connectivity index (χ2v) is 9.17. The Morgan fingerprint density at radius 3 is 2.33 bits per heavy atom. The van der Waals surface area contributed by atoms with E-state index < -0.39 is 35.2 Å². The number of imide groups is 1. The van der Waals surface area contributed by atoms with Crippen LogP contribution in [-0.4, -0.2) is 39.9 Å². The van der Waals surface area contributed by atoms with Gasteiger partial charge in [-0.25, -0.2) is 0 Å². The molecule has 2 aromatic carbocycles. The topological polar surface area (TPSA) is 137 Å². The first-order chi connectivity index (χ1) is 15.5. The van der Waals surface area contributed by atoms with E-state index in [-0.39, 0.29) is 18.6 Å². The zero-order valence-corrected chi connectivity index (χ0v) is 19.0. The van der Waals surface area contributed by atoms with Crippen LogP contribution in [0.4, 0.5) is 0 Å². The number of rotatable bonds is 7. The highest BCUT2D eigenvalue weighted by atomic mass is 16.3. The number of carbonyl (C=O) groups excluding carboxylic acids is 3. The number of H-pyrrole nitrogens is 1. The van der Waals surface area contributed by atoms with Gasteiger partial charge in [-0.05, 0) is 35.7 Å². The van der Waals surface area contributed by atoms with E-state index in [1.807, 2.05) is 24.3 Å². The minimum atomic E-state index is -0.992. The Morgan fingerprint density at radius 1 is 1.00 bits per heavy atom. The van der Waals surface area contributed by atoms with Crippen molar-refractivity contribution in [2.24, 2.45) is 11.1 Å². The number of para-hydroxylation sites is 1. The number of nitrogens with two attached hydrogens (primary N) is 1. The van der Waals surface area contributed by atoms with Crippen LogP contribution in [0.5, 0.6) is 5.75 Å². The second kappa shape index (κ2) is 9.87. The highest BCUT2D eigenvalue weighted by Crippen LogP contribution is 2.20. The number of nitrogens with one attached hydrogen (secondary N) is 3. The summed E-state index contributed by atoms with van der Waals surface area (Å²) in [5, 5.41) is 15.5. The Labute approximate surface area is 192 Å². The molecule has 8 nitrogen and oxygen atoms in total. The van der Waals surface area contributed by atoms with E-state index in [9.17, 15) is 19.5 Å². The summed E-state index contributed by atoms with van der Waals surface area (Å²) >= 11 is 0. The molecule has 8 heteroatoms. The van der Waals surface area contributed by atoms with Crippen molar-refractivity contribution in [3.8, 4) is 5.75 Å². The molecule has 0 aliphatic carbocycles. The van der Waals surface area contributed by atoms with Crippen molar-refractivity contribution in [3.05, 3.63) is 65.9 Å². The summed E-state index contributed by atoms with van der Waals surface area (Å²) in [7, 11) is 0. The van der Waals surface area contributed by atoms with Crippen molar-refractivity contribution in [3.63, 3.8) is 0 Å². The van der Waals surface area contributed by atoms with Gasteiger partial charge >= 0.3 is 0 Å². The molecule has 0 fully saturated rings. The predicted molar refractivity (Wildman–Crippen MR) is 126 cm³/mol. The Morgan fingerprint density at radius 2 is 1.67 bits per heavy atom. The Kier molecular flexibility index (Phi) is 7.18. The third-order valence-electron chi connectivity index (χ3n) is 5.38. The lowest BCUT2D eigenvalue weighted by molar-refractivity contribution is -0.137. The van der Waals surface area contributed by atoms with E-state index in [0.717, 1.165) is 22.0 Å². The van der Waals surface area contributed by atoms with Crippen LogP contribution in [0.15, 0.2) is 54.7 Å². The molecule has 0 aliphatic heterocycles. The van der Waals surface area contributed by atoms with E-state index in [1.54, 1.807) is 39.1 Å². The van der Waals surface area contributed by atoms with Gasteiger partial charge in [-0.15, -0.1) is 0 Å². The maximum Gasteiger partial charge on any atom is 0.249 e. The fourth-order valence-corrected chi connectivity index (χ4v) is 3.37. The van der Waals surface area contributed by atoms with Gasteiger partial charge < -0.3 is 21.1 Å². The summed E-state index contributed by atoms with van der Waals surface area (Å²) < 4.78 is 0. The molecule has 0 saturated heterocycles. The Hall–Kier alpha value is -3.65. The van der Waals surface area contributed by atoms with Crippen molar-refractivity contribution >= 4 is 28.6 Å². The zero-order valence-electron chi connectivity index (χ0n) is 19.0. The Bertz CT molecular complexity index is 1150. The summed E-state index contributed by atoms with van der Waals surface area (Å²) in [4.78, 5) is 41.4. The maximum atomic E-state index is 13.0. The first kappa shape index (κ1) is 24.0. The number of hydrogen-bond donors (Lipinski definition) is 5. The SMILES string of the molecule is CC(C)(C)C(=O)NC(=O)[C@@H](Cc1c[nH]c2ccccc12)NC(=O)[C@@H](N)Cc1ccc(O)cc1. The van der Waals surface area contributed by atoms with E-state index in [4.69, 9.17) is 5.73 Å². The van der Waals surface area contributed by atoms with Crippen LogP contribution >= 0.6 is 0 Å². The smallest absolute Gasteiger partial charge is 0.249 e. The molecule has 0 radical (unpaired) electrons. The average molecular weight is 451 g/mol. The molecular formula is C25H30N4O4. The quantitative estimate of drug-likeness (QED) is 0.376. The predicted octanol–water partition coefficient (Wildman–Crippen LogP) is 2.16. The molecule has 1 heterocycles. The van der Waals surface area contributed by atoms with Crippen molar-refractivity contribution in [2.75, 3.05) is 0 Å². The molecule has 3 aromatic rings. The molecule has 3 amide bonds. The monoisotopic (exact) mass is 450 g/mol. The fourth-order valence-electron chi connectivity index (χ4n) is 3.37. The minimum Gasteiger partial charge on any atom is -0.508 e. The number of benzene rings is 2. The number of phenols is 1. The normalized spacial score (nSPS) is 13.3. The molecule has 33 heavy (non-hydrogen) atoms. The van der Waals surface area contributed by atoms with Crippen LogP contribution in [0.25, 0.3) is 10.9 Å². The molecule has 1 aromatic heterocycles. The molecule has 2 atom stereocenters. The van der Waals surface area contributed by atoms with Crippen LogP contribution < -0.4 is 16.4 Å². The highest BCUT2D eigenvalue weighted by molar-refractivity contribution is 6.01. The van der Waals surface area contributed by atoms with Gasteiger partial charge in [0.05, 0.1) is 6.04 Å². The fraction of sp³-hybridized carbons (Fsp3) is 0.320. The van der Waals surface area contributed by atoms with Crippen molar-refractivity contribution in [2.45, 2.75) is 45.7 Å². The van der Waals surface area contributed by atoms with Gasteiger partial charge in [0.15, 0.2) is 0 Å². The standard InChI is InChI=1S/C25H30N4O4/c1-25(2,3)24(33)29-23(32)21(13-16-14-27-20-7-5-4-6-18(16)20)28-22(31)19(26)12-15-8-10-17(30)11-9-15/h4-11,14,19,21,27,30H,12-13,26H2,1-3H3,(H,28,31)(H,29,32,33)/t19-,21+/m0/s1. The summed E-state index contributed by atoms with van der Waals surface area (Å²) in [6.07, 6.45) is 2.21. The third kappa shape index (κ3) is 6.20. The van der Waals surface area contributed by atoms with Crippen LogP contribution in [0.2, 0.25) is 0 Å². The van der Waals surface area contributed by atoms with E-state index in [0.29, 0.717) is 0 Å². The van der Waals surface area contributed by atoms with Crippen LogP contribution in [0, 0.1) is 5.41 Å². The lowest BCUT2D eigenvalue weighted by Crippen LogP contribution is -2.55. The zero-order chi connectivity index (χ0) is 24.2. The van der Waals surface area contributed by atoms with Crippen LogP contribution in [0.1, 0.15) is 31.9 Å². The van der Waals surface area contributed by atoms with Gasteiger partial charge in [-0.3, -0.25) is 19.7 Å². The number of aromatic nitrogens is 1. The van der Waals surface area contributed by atoms with Gasteiger partial charge in [0.2, 0.25) is 17.7 Å². The first-order valence-corrected chi connectivity index (χ1v) is 10.8. The van der Waals surface area contributed by atoms with E-state index >= 15 is 0 Å². The minimum absolute atomic E-state index is 0.121. The van der Waals surface area contributed by atoms with Crippen molar-refractivity contribution in [1.82, 2.24) is 15.6 Å². The molecule has 0 saturated carbocycles. The molecule has 0 spiro atoms. The highest BCUT2D eigenvalue weighted by Gasteiger charge is 2.29. The first-order valence-electron chi connectivity index (χ1n) is 10.8. The largest absolute Gasteiger partial charge is 0.508 e. The summed E-state index contributed by atoms with van der Waals surface area (Å²) in [5.41, 5.74) is 7.85. The number of aromatic amines is 1. The van der Waals surface area contributed by atoms with E-state index in [2.05, 4.69) is 15.6 Å². The molecular weight excluding hydrogens is 420 g/mol. The molecule has 0 aliphatic rings. The second-order valence-electron chi connectivity index (χ2n) is 9.17. The summed E-state index contributed by atoms with van der Waals surface area (Å²) in [6.45, 7) is 5.11. The van der Waals surface area contributed by atoms with Crippen molar-refractivity contribution < 1.29 is 19.5 Å². The van der Waals surface area contributed by atoms with Gasteiger partial charge in [0.25, 0.3) is 0 Å². The number of fused-ring (bicyclic) bond motifs is 1. The molecule has 3 rings (SSSR count). The van der Waals surface area contributed by atoms with Gasteiger partial charge in [-0.2, -0.15) is 0 Å². The number of amides is 3. The van der Waals surface area contributed by atoms with Crippen molar-refractivity contribution in [1.29, 1.82) is 0 Å². The molecule has 6 N–H and O–H groups in total. The summed E-state index contributed by atoms with van der Waals surface area (Å²) in [5.74, 6) is -1.41.